The maximum absolute atomic E-state index is 12.4. The highest BCUT2D eigenvalue weighted by Crippen LogP contribution is 2.16. The van der Waals surface area contributed by atoms with Gasteiger partial charge in [-0.15, -0.1) is 0 Å². The van der Waals surface area contributed by atoms with Crippen LogP contribution in [-0.2, 0) is 11.3 Å². The standard InChI is InChI=1S/C21H23N3O2/c1-17-6-2-3-8-19(17)15-23-10-12-24(13-11-23)21(25)16-26-20-9-5-4-7-18(20)14-22/h2-9H,10-13,15-16H2,1H3/p+1. The largest absolute Gasteiger partial charge is 0.482 e. The van der Waals surface area contributed by atoms with Gasteiger partial charge >= 0.3 is 0 Å². The average Bonchev–Trinajstić information content (AvgIpc) is 2.68. The average molecular weight is 350 g/mol. The SMILES string of the molecule is Cc1ccccc1C[NH+]1CCN(C(=O)COc2ccccc2C#N)CC1. The highest BCUT2D eigenvalue weighted by Gasteiger charge is 2.24. The minimum Gasteiger partial charge on any atom is -0.482 e. The highest BCUT2D eigenvalue weighted by atomic mass is 16.5. The molecular weight excluding hydrogens is 326 g/mol. The summed E-state index contributed by atoms with van der Waals surface area (Å²) in [7, 11) is 0. The number of nitriles is 1. The number of quaternary nitrogens is 1. The molecule has 2 aromatic carbocycles. The van der Waals surface area contributed by atoms with Crippen molar-refractivity contribution >= 4 is 5.91 Å². The minimum atomic E-state index is -0.0220. The summed E-state index contributed by atoms with van der Waals surface area (Å²) in [6.07, 6.45) is 0. The molecule has 1 aliphatic rings. The number of hydrogen-bond acceptors (Lipinski definition) is 3. The second-order valence-corrected chi connectivity index (χ2v) is 6.63. The molecule has 26 heavy (non-hydrogen) atoms. The molecule has 3 rings (SSSR count). The molecule has 5 nitrogen and oxygen atoms in total. The van der Waals surface area contributed by atoms with E-state index >= 15 is 0 Å². The van der Waals surface area contributed by atoms with Crippen LogP contribution >= 0.6 is 0 Å². The van der Waals surface area contributed by atoms with Crippen LogP contribution in [-0.4, -0.2) is 43.6 Å². The minimum absolute atomic E-state index is 0.0207. The number of carbonyl (C=O) groups excluding carboxylic acids is 1. The zero-order chi connectivity index (χ0) is 18.4. The molecule has 1 aliphatic heterocycles. The Bertz CT molecular complexity index is 805. The molecule has 134 valence electrons. The first-order valence-electron chi connectivity index (χ1n) is 8.95. The zero-order valence-corrected chi connectivity index (χ0v) is 15.1. The monoisotopic (exact) mass is 350 g/mol. The Hall–Kier alpha value is -2.84. The Morgan fingerprint density at radius 1 is 1.15 bits per heavy atom. The van der Waals surface area contributed by atoms with Crippen molar-refractivity contribution in [2.75, 3.05) is 32.8 Å². The van der Waals surface area contributed by atoms with Gasteiger partial charge in [0.25, 0.3) is 5.91 Å². The van der Waals surface area contributed by atoms with E-state index in [1.807, 2.05) is 4.90 Å². The summed E-state index contributed by atoms with van der Waals surface area (Å²) in [6.45, 7) is 6.48. The fourth-order valence-corrected chi connectivity index (χ4v) is 3.24. The molecule has 1 N–H and O–H groups in total. The molecule has 1 saturated heterocycles. The van der Waals surface area contributed by atoms with Gasteiger partial charge in [0.2, 0.25) is 0 Å². The quantitative estimate of drug-likeness (QED) is 0.881. The van der Waals surface area contributed by atoms with Crippen molar-refractivity contribution in [3.63, 3.8) is 0 Å². The van der Waals surface area contributed by atoms with Crippen molar-refractivity contribution in [2.45, 2.75) is 13.5 Å². The van der Waals surface area contributed by atoms with E-state index in [2.05, 4.69) is 37.3 Å². The maximum atomic E-state index is 12.4. The summed E-state index contributed by atoms with van der Waals surface area (Å²) in [6, 6.07) is 17.5. The summed E-state index contributed by atoms with van der Waals surface area (Å²) >= 11 is 0. The van der Waals surface area contributed by atoms with E-state index in [1.165, 1.54) is 16.0 Å². The smallest absolute Gasteiger partial charge is 0.260 e. The lowest BCUT2D eigenvalue weighted by molar-refractivity contribution is -0.917. The van der Waals surface area contributed by atoms with E-state index in [0.29, 0.717) is 11.3 Å². The predicted molar refractivity (Wildman–Crippen MR) is 98.8 cm³/mol. The molecule has 1 amide bonds. The first-order chi connectivity index (χ1) is 12.7. The Kier molecular flexibility index (Phi) is 5.88. The van der Waals surface area contributed by atoms with Crippen LogP contribution < -0.4 is 9.64 Å². The summed E-state index contributed by atoms with van der Waals surface area (Å²) < 4.78 is 5.56. The van der Waals surface area contributed by atoms with Gasteiger partial charge in [-0.05, 0) is 24.6 Å². The maximum Gasteiger partial charge on any atom is 0.260 e. The van der Waals surface area contributed by atoms with E-state index in [9.17, 15) is 4.79 Å². The van der Waals surface area contributed by atoms with Gasteiger partial charge in [0.15, 0.2) is 6.61 Å². The van der Waals surface area contributed by atoms with E-state index < -0.39 is 0 Å². The van der Waals surface area contributed by atoms with Crippen molar-refractivity contribution < 1.29 is 14.4 Å². The van der Waals surface area contributed by atoms with Crippen LogP contribution in [0.25, 0.3) is 0 Å². The van der Waals surface area contributed by atoms with Gasteiger partial charge in [-0.2, -0.15) is 5.26 Å². The molecular formula is C21H24N3O2+. The van der Waals surface area contributed by atoms with Gasteiger partial charge in [0.05, 0.1) is 31.7 Å². The van der Waals surface area contributed by atoms with Crippen LogP contribution in [0, 0.1) is 18.3 Å². The van der Waals surface area contributed by atoms with Crippen molar-refractivity contribution in [1.29, 1.82) is 5.26 Å². The Labute approximate surface area is 154 Å². The number of benzene rings is 2. The van der Waals surface area contributed by atoms with Crippen molar-refractivity contribution in [3.8, 4) is 11.8 Å². The Balaban J connectivity index is 1.48. The molecule has 0 saturated carbocycles. The van der Waals surface area contributed by atoms with Crippen LogP contribution in [0.4, 0.5) is 0 Å². The molecule has 5 heteroatoms. The van der Waals surface area contributed by atoms with Gasteiger partial charge in [-0.1, -0.05) is 36.4 Å². The van der Waals surface area contributed by atoms with Gasteiger partial charge in [-0.25, -0.2) is 0 Å². The number of aryl methyl sites for hydroxylation is 1. The van der Waals surface area contributed by atoms with E-state index in [-0.39, 0.29) is 12.5 Å². The number of carbonyl (C=O) groups is 1. The number of piperazine rings is 1. The van der Waals surface area contributed by atoms with E-state index in [1.54, 1.807) is 24.3 Å². The predicted octanol–water partition coefficient (Wildman–Crippen LogP) is 1.17. The second kappa shape index (κ2) is 8.50. The molecule has 0 aromatic heterocycles. The third-order valence-electron chi connectivity index (χ3n) is 4.88. The van der Waals surface area contributed by atoms with Crippen LogP contribution in [0.2, 0.25) is 0 Å². The van der Waals surface area contributed by atoms with E-state index in [0.717, 1.165) is 32.7 Å². The number of nitrogens with one attached hydrogen (secondary N) is 1. The lowest BCUT2D eigenvalue weighted by Crippen LogP contribution is -3.13. The molecule has 0 unspecified atom stereocenters. The van der Waals surface area contributed by atoms with Crippen LogP contribution in [0.3, 0.4) is 0 Å². The molecule has 1 fully saturated rings. The van der Waals surface area contributed by atoms with Crippen LogP contribution in [0.15, 0.2) is 48.5 Å². The molecule has 1 heterocycles. The topological polar surface area (TPSA) is 57.8 Å². The molecule has 0 atom stereocenters. The zero-order valence-electron chi connectivity index (χ0n) is 15.1. The number of rotatable bonds is 5. The number of para-hydroxylation sites is 1. The first kappa shape index (κ1) is 18.0. The number of hydrogen-bond donors (Lipinski definition) is 1. The van der Waals surface area contributed by atoms with Crippen LogP contribution in [0.1, 0.15) is 16.7 Å². The first-order valence-corrected chi connectivity index (χ1v) is 8.95. The molecule has 0 aliphatic carbocycles. The third-order valence-corrected chi connectivity index (χ3v) is 4.88. The molecule has 0 radical (unpaired) electrons. The summed E-state index contributed by atoms with van der Waals surface area (Å²) in [5, 5.41) is 9.07. The summed E-state index contributed by atoms with van der Waals surface area (Å²) in [4.78, 5) is 15.8. The van der Waals surface area contributed by atoms with Crippen LogP contribution in [0.5, 0.6) is 5.75 Å². The Morgan fingerprint density at radius 2 is 1.85 bits per heavy atom. The van der Waals surface area contributed by atoms with Crippen molar-refractivity contribution in [3.05, 3.63) is 65.2 Å². The van der Waals surface area contributed by atoms with Crippen molar-refractivity contribution in [2.24, 2.45) is 0 Å². The summed E-state index contributed by atoms with van der Waals surface area (Å²) in [5.74, 6) is 0.444. The van der Waals surface area contributed by atoms with Crippen molar-refractivity contribution in [1.82, 2.24) is 4.90 Å². The molecule has 0 bridgehead atoms. The number of amides is 1. The van der Waals surface area contributed by atoms with Gasteiger partial charge < -0.3 is 14.5 Å². The lowest BCUT2D eigenvalue weighted by Gasteiger charge is -2.32. The summed E-state index contributed by atoms with van der Waals surface area (Å²) in [5.41, 5.74) is 3.15. The Morgan fingerprint density at radius 3 is 2.58 bits per heavy atom. The van der Waals surface area contributed by atoms with Gasteiger partial charge in [-0.3, -0.25) is 4.79 Å². The normalized spacial score (nSPS) is 14.7. The second-order valence-electron chi connectivity index (χ2n) is 6.63. The molecule has 0 spiro atoms. The van der Waals surface area contributed by atoms with E-state index in [4.69, 9.17) is 10.00 Å². The van der Waals surface area contributed by atoms with Gasteiger partial charge in [0, 0.05) is 5.56 Å². The third kappa shape index (κ3) is 4.41. The van der Waals surface area contributed by atoms with Gasteiger partial charge in [0.1, 0.15) is 18.4 Å². The molecule has 2 aromatic rings. The fraction of sp³-hybridized carbons (Fsp3) is 0.333. The number of nitrogens with zero attached hydrogens (tertiary/aromatic N) is 2. The lowest BCUT2D eigenvalue weighted by atomic mass is 10.1. The fourth-order valence-electron chi connectivity index (χ4n) is 3.24. The highest BCUT2D eigenvalue weighted by molar-refractivity contribution is 5.77. The number of ether oxygens (including phenoxy) is 1.